The molecule has 0 aliphatic heterocycles. The molecular formula is C9H8N2O2S. The predicted octanol–water partition coefficient (Wildman–Crippen LogP) is 1.00. The Labute approximate surface area is 86.4 Å². The Morgan fingerprint density at radius 3 is 2.71 bits per heavy atom. The Kier molecular flexibility index (Phi) is 3.12. The number of nitrogens with two attached hydrogens (primary N) is 1. The van der Waals surface area contributed by atoms with Gasteiger partial charge in [0, 0.05) is 11.4 Å². The summed E-state index contributed by atoms with van der Waals surface area (Å²) in [5, 5.41) is 17.5. The fourth-order valence-electron chi connectivity index (χ4n) is 1.08. The second-order valence-corrected chi connectivity index (χ2v) is 3.13. The molecule has 1 aromatic rings. The first kappa shape index (κ1) is 10.6. The summed E-state index contributed by atoms with van der Waals surface area (Å²) in [6.07, 6.45) is 0. The Hall–Kier alpha value is -1.51. The Morgan fingerprint density at radius 2 is 2.29 bits per heavy atom. The summed E-state index contributed by atoms with van der Waals surface area (Å²) in [7, 11) is 0. The maximum Gasteiger partial charge on any atom is 0.336 e. The van der Waals surface area contributed by atoms with E-state index in [0.29, 0.717) is 10.5 Å². The van der Waals surface area contributed by atoms with Gasteiger partial charge in [0.15, 0.2) is 0 Å². The van der Waals surface area contributed by atoms with E-state index in [0.717, 1.165) is 0 Å². The molecular weight excluding hydrogens is 200 g/mol. The van der Waals surface area contributed by atoms with Crippen molar-refractivity contribution in [3.63, 3.8) is 0 Å². The van der Waals surface area contributed by atoms with Gasteiger partial charge in [-0.25, -0.2) is 4.79 Å². The molecule has 14 heavy (non-hydrogen) atoms. The highest BCUT2D eigenvalue weighted by Crippen LogP contribution is 2.19. The van der Waals surface area contributed by atoms with Crippen molar-refractivity contribution >= 4 is 18.6 Å². The monoisotopic (exact) mass is 208 g/mol. The molecule has 1 aromatic carbocycles. The van der Waals surface area contributed by atoms with Crippen molar-refractivity contribution in [1.82, 2.24) is 0 Å². The molecule has 0 heterocycles. The third kappa shape index (κ3) is 1.87. The summed E-state index contributed by atoms with van der Waals surface area (Å²) in [5.41, 5.74) is 6.28. The molecule has 0 fully saturated rings. The van der Waals surface area contributed by atoms with Crippen LogP contribution in [0.2, 0.25) is 0 Å². The van der Waals surface area contributed by atoms with Gasteiger partial charge in [0.25, 0.3) is 0 Å². The Morgan fingerprint density at radius 1 is 1.64 bits per heavy atom. The van der Waals surface area contributed by atoms with Gasteiger partial charge >= 0.3 is 5.97 Å². The van der Waals surface area contributed by atoms with Gasteiger partial charge in [0.2, 0.25) is 0 Å². The van der Waals surface area contributed by atoms with Gasteiger partial charge in [-0.1, -0.05) is 0 Å². The topological polar surface area (TPSA) is 87.1 Å². The number of nitriles is 1. The van der Waals surface area contributed by atoms with Gasteiger partial charge in [0.05, 0.1) is 17.2 Å². The van der Waals surface area contributed by atoms with Gasteiger partial charge in [0.1, 0.15) is 0 Å². The molecule has 0 aromatic heterocycles. The van der Waals surface area contributed by atoms with Crippen LogP contribution in [0.4, 0.5) is 0 Å². The lowest BCUT2D eigenvalue weighted by atomic mass is 10.0. The van der Waals surface area contributed by atoms with Crippen LogP contribution in [0.15, 0.2) is 17.0 Å². The number of benzene rings is 1. The van der Waals surface area contributed by atoms with Crippen LogP contribution in [0.5, 0.6) is 0 Å². The predicted molar refractivity (Wildman–Crippen MR) is 53.3 cm³/mol. The smallest absolute Gasteiger partial charge is 0.336 e. The zero-order valence-electron chi connectivity index (χ0n) is 7.19. The van der Waals surface area contributed by atoms with Crippen molar-refractivity contribution < 1.29 is 9.90 Å². The third-order valence-corrected chi connectivity index (χ3v) is 2.16. The van der Waals surface area contributed by atoms with E-state index in [-0.39, 0.29) is 17.7 Å². The van der Waals surface area contributed by atoms with Crippen LogP contribution >= 0.6 is 12.6 Å². The number of nitrogens with zero attached hydrogens (tertiary/aromatic N) is 1. The highest BCUT2D eigenvalue weighted by molar-refractivity contribution is 7.80. The third-order valence-electron chi connectivity index (χ3n) is 1.79. The van der Waals surface area contributed by atoms with Gasteiger partial charge < -0.3 is 10.8 Å². The van der Waals surface area contributed by atoms with E-state index in [4.69, 9.17) is 16.1 Å². The van der Waals surface area contributed by atoms with Crippen molar-refractivity contribution in [2.24, 2.45) is 5.73 Å². The van der Waals surface area contributed by atoms with Gasteiger partial charge in [-0.05, 0) is 17.7 Å². The quantitative estimate of drug-likeness (QED) is 0.633. The number of carboxylic acid groups (broad SMARTS) is 1. The van der Waals surface area contributed by atoms with Crippen LogP contribution in [0, 0.1) is 11.3 Å². The summed E-state index contributed by atoms with van der Waals surface area (Å²) in [6.45, 7) is 0.191. The average molecular weight is 208 g/mol. The molecule has 0 amide bonds. The zero-order chi connectivity index (χ0) is 10.7. The minimum absolute atomic E-state index is 0.0158. The van der Waals surface area contributed by atoms with Crippen LogP contribution in [-0.4, -0.2) is 11.1 Å². The van der Waals surface area contributed by atoms with E-state index in [9.17, 15) is 4.79 Å². The van der Waals surface area contributed by atoms with E-state index in [1.165, 1.54) is 12.1 Å². The van der Waals surface area contributed by atoms with E-state index >= 15 is 0 Å². The molecule has 0 spiro atoms. The number of thiol groups is 1. The highest BCUT2D eigenvalue weighted by atomic mass is 32.1. The number of carbonyl (C=O) groups is 1. The van der Waals surface area contributed by atoms with Crippen molar-refractivity contribution in [1.29, 1.82) is 5.26 Å². The van der Waals surface area contributed by atoms with E-state index in [1.807, 2.05) is 6.07 Å². The number of rotatable bonds is 2. The zero-order valence-corrected chi connectivity index (χ0v) is 8.08. The molecule has 0 aliphatic rings. The molecule has 0 atom stereocenters. The lowest BCUT2D eigenvalue weighted by molar-refractivity contribution is 0.0693. The normalized spacial score (nSPS) is 9.50. The largest absolute Gasteiger partial charge is 0.478 e. The van der Waals surface area contributed by atoms with Crippen LogP contribution in [0.25, 0.3) is 0 Å². The minimum atomic E-state index is -1.10. The maximum absolute atomic E-state index is 10.7. The summed E-state index contributed by atoms with van der Waals surface area (Å²) in [4.78, 5) is 11.0. The molecule has 5 heteroatoms. The van der Waals surface area contributed by atoms with Gasteiger partial charge in [-0.15, -0.1) is 12.6 Å². The number of aromatic carboxylic acids is 1. The first-order valence-electron chi connectivity index (χ1n) is 3.79. The van der Waals surface area contributed by atoms with E-state index in [1.54, 1.807) is 0 Å². The first-order chi connectivity index (χ1) is 6.60. The van der Waals surface area contributed by atoms with E-state index in [2.05, 4.69) is 12.6 Å². The van der Waals surface area contributed by atoms with Crippen LogP contribution in [0.1, 0.15) is 21.5 Å². The lowest BCUT2D eigenvalue weighted by Crippen LogP contribution is -2.04. The number of hydrogen-bond donors (Lipinski definition) is 3. The molecule has 1 rings (SSSR count). The molecule has 72 valence electrons. The van der Waals surface area contributed by atoms with Crippen molar-refractivity contribution in [3.05, 3.63) is 28.8 Å². The minimum Gasteiger partial charge on any atom is -0.478 e. The van der Waals surface area contributed by atoms with Crippen molar-refractivity contribution in [2.75, 3.05) is 0 Å². The van der Waals surface area contributed by atoms with Crippen LogP contribution in [-0.2, 0) is 6.54 Å². The fourth-order valence-corrected chi connectivity index (χ4v) is 1.39. The molecule has 4 nitrogen and oxygen atoms in total. The average Bonchev–Trinajstić information content (AvgIpc) is 2.16. The van der Waals surface area contributed by atoms with Crippen LogP contribution in [0.3, 0.4) is 0 Å². The first-order valence-corrected chi connectivity index (χ1v) is 4.24. The van der Waals surface area contributed by atoms with E-state index < -0.39 is 5.97 Å². The molecule has 0 saturated carbocycles. The summed E-state index contributed by atoms with van der Waals surface area (Å²) >= 11 is 4.00. The van der Waals surface area contributed by atoms with Gasteiger partial charge in [-0.3, -0.25) is 0 Å². The molecule has 3 N–H and O–H groups in total. The molecule has 0 saturated heterocycles. The Bertz CT molecular complexity index is 424. The number of hydrogen-bond acceptors (Lipinski definition) is 4. The Balaban J connectivity index is 3.40. The summed E-state index contributed by atoms with van der Waals surface area (Å²) in [6, 6.07) is 4.68. The number of carboxylic acids is 1. The fraction of sp³-hybridized carbons (Fsp3) is 0.111. The highest BCUT2D eigenvalue weighted by Gasteiger charge is 2.11. The second-order valence-electron chi connectivity index (χ2n) is 2.65. The maximum atomic E-state index is 10.7. The standard InChI is InChI=1S/C9H8N2O2S/c10-3-5-1-7(9(12)13)8(14)2-6(5)4-11/h1-2,14H,4,11H2,(H,12,13). The second kappa shape index (κ2) is 4.13. The molecule has 0 unspecified atom stereocenters. The van der Waals surface area contributed by atoms with Crippen molar-refractivity contribution in [3.8, 4) is 6.07 Å². The molecule has 0 aliphatic carbocycles. The van der Waals surface area contributed by atoms with Gasteiger partial charge in [-0.2, -0.15) is 5.26 Å². The van der Waals surface area contributed by atoms with Crippen molar-refractivity contribution in [2.45, 2.75) is 11.4 Å². The SMILES string of the molecule is N#Cc1cc(C(=O)O)c(S)cc1CN. The summed E-state index contributed by atoms with van der Waals surface area (Å²) in [5.74, 6) is -1.10. The molecule has 0 radical (unpaired) electrons. The summed E-state index contributed by atoms with van der Waals surface area (Å²) < 4.78 is 0. The van der Waals surface area contributed by atoms with Crippen LogP contribution < -0.4 is 5.73 Å². The molecule has 0 bridgehead atoms. The lowest BCUT2D eigenvalue weighted by Gasteiger charge is -2.05.